The van der Waals surface area contributed by atoms with Crippen molar-refractivity contribution >= 4 is 11.9 Å². The van der Waals surface area contributed by atoms with E-state index in [-0.39, 0.29) is 18.4 Å². The molecule has 1 heterocycles. The average molecular weight is 466 g/mol. The number of alkyl halides is 2. The Balaban J connectivity index is 1.79. The number of rotatable bonds is 14. The maximum Gasteiger partial charge on any atom is 0.327 e. The first kappa shape index (κ1) is 27.0. The highest BCUT2D eigenvalue weighted by Gasteiger charge is 2.52. The van der Waals surface area contributed by atoms with Gasteiger partial charge in [-0.3, -0.25) is 9.59 Å². The number of nitrogens with zero attached hydrogens (tertiary/aromatic N) is 1. The molecule has 0 aliphatic carbocycles. The minimum Gasteiger partial charge on any atom is -0.469 e. The zero-order chi connectivity index (χ0) is 24.3. The van der Waals surface area contributed by atoms with E-state index in [0.29, 0.717) is 19.3 Å². The van der Waals surface area contributed by atoms with Crippen molar-refractivity contribution in [1.82, 2.24) is 4.90 Å². The molecule has 33 heavy (non-hydrogen) atoms. The number of methoxy groups -OCH3 is 1. The molecule has 0 aromatic heterocycles. The van der Waals surface area contributed by atoms with Gasteiger partial charge in [0.1, 0.15) is 0 Å². The Labute approximate surface area is 195 Å². The van der Waals surface area contributed by atoms with Crippen LogP contribution in [0.25, 0.3) is 0 Å². The monoisotopic (exact) mass is 465 g/mol. The average Bonchev–Trinajstić information content (AvgIpc) is 3.02. The molecule has 1 amide bonds. The smallest absolute Gasteiger partial charge is 0.327 e. The van der Waals surface area contributed by atoms with Gasteiger partial charge in [0.2, 0.25) is 0 Å². The number of ether oxygens (including phenoxy) is 1. The predicted octanol–water partition coefficient (Wildman–Crippen LogP) is 4.92. The number of aryl methyl sites for hydroxylation is 1. The molecule has 1 aromatic carbocycles. The highest BCUT2D eigenvalue weighted by atomic mass is 19.3. The number of esters is 1. The second kappa shape index (κ2) is 13.4. The van der Waals surface area contributed by atoms with Crippen LogP contribution in [0.1, 0.15) is 63.9 Å². The number of hydrogen-bond donors (Lipinski definition) is 1. The Morgan fingerprint density at radius 1 is 1.21 bits per heavy atom. The number of halogens is 2. The molecular formula is C26H37F2NO4. The zero-order valence-corrected chi connectivity index (χ0v) is 19.7. The van der Waals surface area contributed by atoms with Crippen molar-refractivity contribution < 1.29 is 28.2 Å². The van der Waals surface area contributed by atoms with Crippen LogP contribution in [0.15, 0.2) is 42.5 Å². The lowest BCUT2D eigenvalue weighted by molar-refractivity contribution is -0.148. The lowest BCUT2D eigenvalue weighted by atomic mass is 9.95. The number of aliphatic hydroxyl groups is 1. The van der Waals surface area contributed by atoms with Gasteiger partial charge in [0.05, 0.1) is 19.3 Å². The van der Waals surface area contributed by atoms with Gasteiger partial charge >= 0.3 is 11.9 Å². The second-order valence-corrected chi connectivity index (χ2v) is 8.95. The number of amides is 1. The van der Waals surface area contributed by atoms with Crippen molar-refractivity contribution in [2.75, 3.05) is 13.7 Å². The molecule has 0 spiro atoms. The molecule has 1 aliphatic rings. The van der Waals surface area contributed by atoms with Gasteiger partial charge < -0.3 is 14.7 Å². The maximum absolute atomic E-state index is 14.1. The molecule has 1 saturated heterocycles. The highest BCUT2D eigenvalue weighted by molar-refractivity contribution is 5.86. The lowest BCUT2D eigenvalue weighted by Gasteiger charge is -2.22. The summed E-state index contributed by atoms with van der Waals surface area (Å²) in [5.41, 5.74) is 1.25. The standard InChI is InChI=1S/C26H37F2NO4/c1-20(11-10-14-21-12-6-5-7-13-21)23(30)17-16-22-19-26(27,28)25(32)29(22)18-9-4-3-8-15-24(31)33-2/h5-7,12-13,16-17,20,22-23,30H,3-4,8-11,14-15,18-19H2,1-2H3/t20?,22-,23+/m0/s1. The van der Waals surface area contributed by atoms with Gasteiger partial charge in [0.25, 0.3) is 5.91 Å². The van der Waals surface area contributed by atoms with E-state index in [1.54, 1.807) is 12.2 Å². The van der Waals surface area contributed by atoms with Crippen LogP contribution in [0.3, 0.4) is 0 Å². The Kier molecular flexibility index (Phi) is 11.0. The van der Waals surface area contributed by atoms with Crippen LogP contribution in [0.2, 0.25) is 0 Å². The molecule has 2 rings (SSSR count). The van der Waals surface area contributed by atoms with Gasteiger partial charge in [-0.05, 0) is 43.6 Å². The van der Waals surface area contributed by atoms with Crippen LogP contribution in [-0.2, 0) is 20.7 Å². The van der Waals surface area contributed by atoms with Crippen molar-refractivity contribution in [2.45, 2.75) is 82.8 Å². The highest BCUT2D eigenvalue weighted by Crippen LogP contribution is 2.34. The molecular weight excluding hydrogens is 428 g/mol. The molecule has 1 fully saturated rings. The summed E-state index contributed by atoms with van der Waals surface area (Å²) in [6, 6.07) is 9.42. The van der Waals surface area contributed by atoms with Crippen molar-refractivity contribution in [3.8, 4) is 0 Å². The van der Waals surface area contributed by atoms with Crippen molar-refractivity contribution in [2.24, 2.45) is 5.92 Å². The van der Waals surface area contributed by atoms with E-state index in [4.69, 9.17) is 0 Å². The molecule has 3 atom stereocenters. The third-order valence-electron chi connectivity index (χ3n) is 6.28. The number of unbranched alkanes of at least 4 members (excludes halogenated alkanes) is 3. The van der Waals surface area contributed by atoms with E-state index in [1.807, 2.05) is 25.1 Å². The molecule has 0 saturated carbocycles. The number of carbonyl (C=O) groups excluding carboxylic acids is 2. The molecule has 0 radical (unpaired) electrons. The fourth-order valence-electron chi connectivity index (χ4n) is 4.14. The summed E-state index contributed by atoms with van der Waals surface area (Å²) in [5.74, 6) is -4.78. The summed E-state index contributed by atoms with van der Waals surface area (Å²) in [5, 5.41) is 10.5. The minimum absolute atomic E-state index is 0.00848. The number of aliphatic hydroxyl groups excluding tert-OH is 1. The van der Waals surface area contributed by atoms with Crippen LogP contribution in [0.5, 0.6) is 0 Å². The summed E-state index contributed by atoms with van der Waals surface area (Å²) < 4.78 is 32.7. The van der Waals surface area contributed by atoms with Crippen LogP contribution in [0.4, 0.5) is 8.78 Å². The normalized spacial score (nSPS) is 19.7. The first-order chi connectivity index (χ1) is 15.7. The fourth-order valence-corrected chi connectivity index (χ4v) is 4.14. The minimum atomic E-state index is -3.37. The zero-order valence-electron chi connectivity index (χ0n) is 19.7. The van der Waals surface area contributed by atoms with Gasteiger partial charge in [0, 0.05) is 19.4 Å². The number of likely N-dealkylation sites (tertiary alicyclic amines) is 1. The predicted molar refractivity (Wildman–Crippen MR) is 124 cm³/mol. The van der Waals surface area contributed by atoms with Crippen molar-refractivity contribution in [1.29, 1.82) is 0 Å². The van der Waals surface area contributed by atoms with Crippen LogP contribution < -0.4 is 0 Å². The lowest BCUT2D eigenvalue weighted by Crippen LogP contribution is -2.36. The van der Waals surface area contributed by atoms with Crippen LogP contribution >= 0.6 is 0 Å². The third kappa shape index (κ3) is 8.88. The topological polar surface area (TPSA) is 66.8 Å². The van der Waals surface area contributed by atoms with Gasteiger partial charge in [0.15, 0.2) is 0 Å². The van der Waals surface area contributed by atoms with Gasteiger partial charge in [-0.2, -0.15) is 8.78 Å². The van der Waals surface area contributed by atoms with E-state index < -0.39 is 30.4 Å². The Hall–Kier alpha value is -2.28. The van der Waals surface area contributed by atoms with Crippen LogP contribution in [0, 0.1) is 5.92 Å². The van der Waals surface area contributed by atoms with E-state index in [2.05, 4.69) is 16.9 Å². The van der Waals surface area contributed by atoms with E-state index >= 15 is 0 Å². The molecule has 5 nitrogen and oxygen atoms in total. The molecule has 1 unspecified atom stereocenters. The van der Waals surface area contributed by atoms with Gasteiger partial charge in [-0.1, -0.05) is 62.2 Å². The Morgan fingerprint density at radius 3 is 2.61 bits per heavy atom. The largest absolute Gasteiger partial charge is 0.469 e. The Bertz CT molecular complexity index is 769. The summed E-state index contributed by atoms with van der Waals surface area (Å²) in [6.45, 7) is 2.19. The molecule has 0 bridgehead atoms. The molecule has 7 heteroatoms. The molecule has 1 aliphatic heterocycles. The first-order valence-electron chi connectivity index (χ1n) is 11.9. The first-order valence-corrected chi connectivity index (χ1v) is 11.9. The number of benzene rings is 1. The summed E-state index contributed by atoms with van der Waals surface area (Å²) >= 11 is 0. The fraction of sp³-hybridized carbons (Fsp3) is 0.615. The third-order valence-corrected chi connectivity index (χ3v) is 6.28. The summed E-state index contributed by atoms with van der Waals surface area (Å²) in [6.07, 6.45) is 7.61. The maximum atomic E-state index is 14.1. The van der Waals surface area contributed by atoms with Gasteiger partial charge in [-0.25, -0.2) is 0 Å². The summed E-state index contributed by atoms with van der Waals surface area (Å²) in [4.78, 5) is 24.5. The number of carbonyl (C=O) groups is 2. The Morgan fingerprint density at radius 2 is 1.91 bits per heavy atom. The quantitative estimate of drug-likeness (QED) is 0.241. The molecule has 1 N–H and O–H groups in total. The van der Waals surface area contributed by atoms with E-state index in [1.165, 1.54) is 17.6 Å². The number of hydrogen-bond acceptors (Lipinski definition) is 4. The SMILES string of the molecule is COC(=O)CCCCCCN1C(=O)C(F)(F)C[C@@H]1C=C[C@@H](O)C(C)CCCc1ccccc1. The van der Waals surface area contributed by atoms with E-state index in [0.717, 1.165) is 32.1 Å². The molecule has 184 valence electrons. The second-order valence-electron chi connectivity index (χ2n) is 8.95. The van der Waals surface area contributed by atoms with E-state index in [9.17, 15) is 23.5 Å². The molecule has 1 aromatic rings. The van der Waals surface area contributed by atoms with Crippen molar-refractivity contribution in [3.63, 3.8) is 0 Å². The van der Waals surface area contributed by atoms with Crippen molar-refractivity contribution in [3.05, 3.63) is 48.0 Å². The van der Waals surface area contributed by atoms with Gasteiger partial charge in [-0.15, -0.1) is 0 Å². The summed E-state index contributed by atoms with van der Waals surface area (Å²) in [7, 11) is 1.34. The van der Waals surface area contributed by atoms with Crippen LogP contribution in [-0.4, -0.2) is 53.6 Å².